The predicted molar refractivity (Wildman–Crippen MR) is 73.6 cm³/mol. The van der Waals surface area contributed by atoms with Gasteiger partial charge in [-0.05, 0) is 19.8 Å². The summed E-state index contributed by atoms with van der Waals surface area (Å²) in [7, 11) is 0. The van der Waals surface area contributed by atoms with E-state index in [0.29, 0.717) is 19.6 Å². The van der Waals surface area contributed by atoms with Crippen LogP contribution in [0.5, 0.6) is 0 Å². The van der Waals surface area contributed by atoms with Gasteiger partial charge in [-0.3, -0.25) is 0 Å². The van der Waals surface area contributed by atoms with Gasteiger partial charge in [0.05, 0.1) is 25.4 Å². The minimum Gasteiger partial charge on any atom is -0.450 e. The average molecular weight is 276 g/mol. The first-order valence-electron chi connectivity index (χ1n) is 7.22. The first-order valence-corrected chi connectivity index (χ1v) is 7.22. The molecule has 0 spiro atoms. The van der Waals surface area contributed by atoms with Gasteiger partial charge in [0, 0.05) is 13.0 Å². The van der Waals surface area contributed by atoms with Crippen LogP contribution in [0, 0.1) is 0 Å². The molecule has 114 valence electrons. The maximum atomic E-state index is 10.3. The lowest BCUT2D eigenvalue weighted by atomic mass is 10.1. The number of rotatable bonds is 12. The molecule has 0 aliphatic heterocycles. The quantitative estimate of drug-likeness (QED) is 0.553. The second kappa shape index (κ2) is 12.2. The highest BCUT2D eigenvalue weighted by atomic mass is 16.7. The van der Waals surface area contributed by atoms with E-state index in [0.717, 1.165) is 25.7 Å². The molecule has 0 heterocycles. The lowest BCUT2D eigenvalue weighted by Gasteiger charge is -2.21. The van der Waals surface area contributed by atoms with E-state index in [-0.39, 0.29) is 18.8 Å². The first-order chi connectivity index (χ1) is 9.13. The van der Waals surface area contributed by atoms with Crippen LogP contribution in [0.2, 0.25) is 0 Å². The van der Waals surface area contributed by atoms with Crippen LogP contribution in [-0.4, -0.2) is 43.3 Å². The summed E-state index contributed by atoms with van der Waals surface area (Å²) in [4.78, 5) is 10.3. The van der Waals surface area contributed by atoms with Crippen molar-refractivity contribution in [1.29, 1.82) is 0 Å². The highest BCUT2D eigenvalue weighted by Gasteiger charge is 2.13. The van der Waals surface area contributed by atoms with Crippen LogP contribution < -0.4 is 0 Å². The normalized spacial score (nSPS) is 14.1. The van der Waals surface area contributed by atoms with E-state index in [1.165, 1.54) is 0 Å². The smallest absolute Gasteiger partial charge is 0.450 e. The molecule has 0 rings (SSSR count). The molecule has 0 bridgehead atoms. The molecular weight excluding hydrogens is 248 g/mol. The van der Waals surface area contributed by atoms with Crippen molar-refractivity contribution in [2.24, 2.45) is 0 Å². The standard InChI is InChI=1S/C14H28O5/c1-4-7-8-13(9-10-18-14(15)16)19-11-12(5-2)17-6-3/h12-13H,4-11H2,1-3H3,(H,15,16). The molecule has 0 saturated heterocycles. The number of ether oxygens (including phenoxy) is 3. The minimum atomic E-state index is -1.23. The molecule has 0 aromatic carbocycles. The topological polar surface area (TPSA) is 65.0 Å². The van der Waals surface area contributed by atoms with Gasteiger partial charge in [-0.2, -0.15) is 0 Å². The average Bonchev–Trinajstić information content (AvgIpc) is 2.39. The van der Waals surface area contributed by atoms with Gasteiger partial charge in [-0.1, -0.05) is 26.7 Å². The fourth-order valence-electron chi connectivity index (χ4n) is 1.78. The second-order valence-corrected chi connectivity index (χ2v) is 4.49. The summed E-state index contributed by atoms with van der Waals surface area (Å²) in [6, 6.07) is 0. The molecule has 2 unspecified atom stereocenters. The van der Waals surface area contributed by atoms with Crippen LogP contribution in [0.1, 0.15) is 52.9 Å². The zero-order valence-corrected chi connectivity index (χ0v) is 12.4. The molecule has 0 aromatic rings. The largest absolute Gasteiger partial charge is 0.505 e. The second-order valence-electron chi connectivity index (χ2n) is 4.49. The summed E-state index contributed by atoms with van der Waals surface area (Å²) in [5.41, 5.74) is 0. The van der Waals surface area contributed by atoms with Crippen molar-refractivity contribution < 1.29 is 24.1 Å². The molecule has 1 N–H and O–H groups in total. The van der Waals surface area contributed by atoms with Crippen molar-refractivity contribution in [2.45, 2.75) is 65.1 Å². The number of unbranched alkanes of at least 4 members (excludes halogenated alkanes) is 1. The molecular formula is C14H28O5. The third kappa shape index (κ3) is 10.8. The molecule has 0 fully saturated rings. The Kier molecular flexibility index (Phi) is 11.7. The lowest BCUT2D eigenvalue weighted by Crippen LogP contribution is -2.25. The Morgan fingerprint density at radius 2 is 1.84 bits per heavy atom. The Hall–Kier alpha value is -0.810. The van der Waals surface area contributed by atoms with Crippen LogP contribution >= 0.6 is 0 Å². The zero-order chi connectivity index (χ0) is 14.5. The summed E-state index contributed by atoms with van der Waals surface area (Å²) in [6.07, 6.45) is 3.57. The molecule has 2 atom stereocenters. The van der Waals surface area contributed by atoms with Crippen molar-refractivity contribution in [1.82, 2.24) is 0 Å². The first kappa shape index (κ1) is 18.2. The third-order valence-electron chi connectivity index (χ3n) is 2.92. The zero-order valence-electron chi connectivity index (χ0n) is 12.4. The van der Waals surface area contributed by atoms with Gasteiger partial charge in [0.1, 0.15) is 0 Å². The summed E-state index contributed by atoms with van der Waals surface area (Å²) >= 11 is 0. The van der Waals surface area contributed by atoms with Gasteiger partial charge >= 0.3 is 6.16 Å². The van der Waals surface area contributed by atoms with Crippen LogP contribution in [0.25, 0.3) is 0 Å². The Morgan fingerprint density at radius 1 is 1.11 bits per heavy atom. The maximum absolute atomic E-state index is 10.3. The highest BCUT2D eigenvalue weighted by Crippen LogP contribution is 2.11. The number of hydrogen-bond donors (Lipinski definition) is 1. The van der Waals surface area contributed by atoms with Gasteiger partial charge in [-0.25, -0.2) is 4.79 Å². The molecule has 0 saturated carbocycles. The van der Waals surface area contributed by atoms with E-state index in [1.54, 1.807) is 0 Å². The number of carboxylic acid groups (broad SMARTS) is 1. The van der Waals surface area contributed by atoms with Crippen molar-refractivity contribution in [3.8, 4) is 0 Å². The molecule has 19 heavy (non-hydrogen) atoms. The number of hydrogen-bond acceptors (Lipinski definition) is 4. The maximum Gasteiger partial charge on any atom is 0.505 e. The molecule has 0 aliphatic rings. The predicted octanol–water partition coefficient (Wildman–Crippen LogP) is 3.46. The van der Waals surface area contributed by atoms with E-state index in [9.17, 15) is 4.79 Å². The summed E-state index contributed by atoms with van der Waals surface area (Å²) < 4.78 is 15.9. The van der Waals surface area contributed by atoms with Gasteiger partial charge < -0.3 is 19.3 Å². The van der Waals surface area contributed by atoms with Crippen LogP contribution in [0.15, 0.2) is 0 Å². The van der Waals surface area contributed by atoms with Crippen molar-refractivity contribution in [3.05, 3.63) is 0 Å². The molecule has 0 radical (unpaired) electrons. The summed E-state index contributed by atoms with van der Waals surface area (Å²) in [6.45, 7) is 7.60. The van der Waals surface area contributed by atoms with Gasteiger partial charge in [0.15, 0.2) is 0 Å². The Bertz CT molecular complexity index is 220. The molecule has 0 amide bonds. The van der Waals surface area contributed by atoms with E-state index < -0.39 is 6.16 Å². The lowest BCUT2D eigenvalue weighted by molar-refractivity contribution is -0.0517. The van der Waals surface area contributed by atoms with Gasteiger partial charge in [0.25, 0.3) is 0 Å². The van der Waals surface area contributed by atoms with Crippen molar-refractivity contribution in [3.63, 3.8) is 0 Å². The fourth-order valence-corrected chi connectivity index (χ4v) is 1.78. The monoisotopic (exact) mass is 276 g/mol. The van der Waals surface area contributed by atoms with Crippen molar-refractivity contribution in [2.75, 3.05) is 19.8 Å². The third-order valence-corrected chi connectivity index (χ3v) is 2.92. The molecule has 0 aliphatic carbocycles. The van der Waals surface area contributed by atoms with Gasteiger partial charge in [0.2, 0.25) is 0 Å². The Labute approximate surface area is 116 Å². The molecule has 0 aromatic heterocycles. The number of carbonyl (C=O) groups is 1. The molecule has 5 heteroatoms. The van der Waals surface area contributed by atoms with Crippen molar-refractivity contribution >= 4 is 6.16 Å². The Balaban J connectivity index is 3.98. The fraction of sp³-hybridized carbons (Fsp3) is 0.929. The molecule has 5 nitrogen and oxygen atoms in total. The van der Waals surface area contributed by atoms with E-state index in [4.69, 9.17) is 14.6 Å². The summed E-state index contributed by atoms with van der Waals surface area (Å²) in [5.74, 6) is 0. The van der Waals surface area contributed by atoms with Gasteiger partial charge in [-0.15, -0.1) is 0 Å². The van der Waals surface area contributed by atoms with Crippen LogP contribution in [0.3, 0.4) is 0 Å². The van der Waals surface area contributed by atoms with E-state index >= 15 is 0 Å². The highest BCUT2D eigenvalue weighted by molar-refractivity contribution is 5.56. The van der Waals surface area contributed by atoms with E-state index in [1.807, 2.05) is 6.92 Å². The summed E-state index contributed by atoms with van der Waals surface area (Å²) in [5, 5.41) is 8.45. The Morgan fingerprint density at radius 3 is 2.37 bits per heavy atom. The van der Waals surface area contributed by atoms with Crippen LogP contribution in [0.4, 0.5) is 4.79 Å². The van der Waals surface area contributed by atoms with E-state index in [2.05, 4.69) is 18.6 Å². The SMILES string of the molecule is CCCCC(CCOC(=O)O)OCC(CC)OCC. The van der Waals surface area contributed by atoms with Crippen LogP contribution in [-0.2, 0) is 14.2 Å². The minimum absolute atomic E-state index is 0.0498.